The molecule has 0 fully saturated rings. The van der Waals surface area contributed by atoms with Crippen molar-refractivity contribution in [1.29, 1.82) is 0 Å². The zero-order chi connectivity index (χ0) is 22.4. The number of thiophene rings is 1. The highest BCUT2D eigenvalue weighted by atomic mass is 32.1. The number of nitrogens with zero attached hydrogens (tertiary/aromatic N) is 2. The van der Waals surface area contributed by atoms with E-state index in [1.807, 2.05) is 25.3 Å². The Balaban J connectivity index is 1.77. The average Bonchev–Trinajstić information content (AvgIpc) is 3.25. The van der Waals surface area contributed by atoms with Crippen LogP contribution >= 0.6 is 11.3 Å². The lowest BCUT2D eigenvalue weighted by Gasteiger charge is -2.38. The molecule has 1 aliphatic rings. The van der Waals surface area contributed by atoms with Crippen LogP contribution in [0.1, 0.15) is 36.8 Å². The fraction of sp³-hybridized carbons (Fsp3) is 0.478. The van der Waals surface area contributed by atoms with E-state index < -0.39 is 0 Å². The Morgan fingerprint density at radius 1 is 1.29 bits per heavy atom. The van der Waals surface area contributed by atoms with Gasteiger partial charge in [0.1, 0.15) is 31.3 Å². The van der Waals surface area contributed by atoms with Gasteiger partial charge < -0.3 is 19.3 Å². The van der Waals surface area contributed by atoms with Crippen LogP contribution in [0.5, 0.6) is 5.75 Å². The first-order valence-electron chi connectivity index (χ1n) is 10.5. The highest BCUT2D eigenvalue weighted by molar-refractivity contribution is 7.10. The van der Waals surface area contributed by atoms with Crippen molar-refractivity contribution >= 4 is 23.2 Å². The van der Waals surface area contributed by atoms with E-state index in [1.54, 1.807) is 33.3 Å². The van der Waals surface area contributed by atoms with E-state index in [0.717, 1.165) is 18.4 Å². The second-order valence-corrected chi connectivity index (χ2v) is 8.63. The topological polar surface area (TPSA) is 59.1 Å². The summed E-state index contributed by atoms with van der Waals surface area (Å²) in [7, 11) is 1.47. The van der Waals surface area contributed by atoms with Crippen LogP contribution in [-0.4, -0.2) is 61.1 Å². The lowest BCUT2D eigenvalue weighted by molar-refractivity contribution is -0.146. The third-order valence-electron chi connectivity index (χ3n) is 5.65. The molecule has 0 saturated carbocycles. The van der Waals surface area contributed by atoms with Crippen LogP contribution in [0, 0.1) is 5.82 Å². The first-order valence-corrected chi connectivity index (χ1v) is 11.3. The van der Waals surface area contributed by atoms with Crippen molar-refractivity contribution in [2.75, 3.05) is 33.4 Å². The van der Waals surface area contributed by atoms with Gasteiger partial charge in [0.2, 0.25) is 11.8 Å². The number of rotatable bonds is 9. The normalized spacial score (nSPS) is 16.5. The Hall–Kier alpha value is -2.45. The maximum Gasteiger partial charge on any atom is 0.249 e. The van der Waals surface area contributed by atoms with Crippen LogP contribution in [0.2, 0.25) is 0 Å². The summed E-state index contributed by atoms with van der Waals surface area (Å²) >= 11 is 1.68. The molecular formula is C23H29FN2O4S. The van der Waals surface area contributed by atoms with E-state index >= 15 is 0 Å². The minimum atomic E-state index is -0.326. The zero-order valence-electron chi connectivity index (χ0n) is 18.2. The number of amides is 2. The van der Waals surface area contributed by atoms with Crippen molar-refractivity contribution in [2.24, 2.45) is 0 Å². The van der Waals surface area contributed by atoms with Crippen LogP contribution in [0.25, 0.3) is 0 Å². The van der Waals surface area contributed by atoms with Crippen molar-refractivity contribution in [3.05, 3.63) is 52.0 Å². The van der Waals surface area contributed by atoms with Crippen molar-refractivity contribution in [1.82, 2.24) is 9.80 Å². The number of fused-ring (bicyclic) bond motifs is 1. The van der Waals surface area contributed by atoms with Gasteiger partial charge in [0.15, 0.2) is 0 Å². The molecule has 0 spiro atoms. The number of methoxy groups -OCH3 is 1. The van der Waals surface area contributed by atoms with Gasteiger partial charge in [0.25, 0.3) is 0 Å². The molecular weight excluding hydrogens is 419 g/mol. The fourth-order valence-electron chi connectivity index (χ4n) is 3.73. The minimum absolute atomic E-state index is 0.00369. The number of hydrogen-bond acceptors (Lipinski definition) is 5. The monoisotopic (exact) mass is 448 g/mol. The number of halogens is 1. The third kappa shape index (κ3) is 5.62. The van der Waals surface area contributed by atoms with Gasteiger partial charge in [0.05, 0.1) is 6.04 Å². The predicted octanol–water partition coefficient (Wildman–Crippen LogP) is 3.67. The largest absolute Gasteiger partial charge is 0.491 e. The molecule has 1 aromatic heterocycles. The molecule has 8 heteroatoms. The van der Waals surface area contributed by atoms with Gasteiger partial charge in [-0.05, 0) is 61.0 Å². The maximum atomic E-state index is 13.3. The van der Waals surface area contributed by atoms with Crippen molar-refractivity contribution < 1.29 is 23.5 Å². The summed E-state index contributed by atoms with van der Waals surface area (Å²) in [5.74, 6) is -0.0905. The molecule has 2 heterocycles. The van der Waals surface area contributed by atoms with E-state index in [2.05, 4.69) is 0 Å². The van der Waals surface area contributed by atoms with E-state index in [1.165, 1.54) is 24.1 Å². The first-order chi connectivity index (χ1) is 14.9. The van der Waals surface area contributed by atoms with Crippen LogP contribution < -0.4 is 4.74 Å². The van der Waals surface area contributed by atoms with E-state index in [9.17, 15) is 14.0 Å². The quantitative estimate of drug-likeness (QED) is 0.587. The van der Waals surface area contributed by atoms with Gasteiger partial charge in [0, 0.05) is 24.6 Å². The molecule has 2 amide bonds. The summed E-state index contributed by atoms with van der Waals surface area (Å²) in [6, 6.07) is 7.55. The van der Waals surface area contributed by atoms with Gasteiger partial charge in [-0.25, -0.2) is 4.39 Å². The van der Waals surface area contributed by atoms with Crippen LogP contribution in [0.15, 0.2) is 35.7 Å². The number of ether oxygens (including phenoxy) is 2. The SMILES string of the molecule is CC[C@H](C)N(CC(=O)N1CCc2sccc2[C@H]1COc1ccc(F)cc1)C(=O)COC. The molecule has 0 unspecified atom stereocenters. The Morgan fingerprint density at radius 2 is 2.03 bits per heavy atom. The van der Waals surface area contributed by atoms with E-state index in [0.29, 0.717) is 12.3 Å². The average molecular weight is 449 g/mol. The zero-order valence-corrected chi connectivity index (χ0v) is 19.0. The third-order valence-corrected chi connectivity index (χ3v) is 6.65. The van der Waals surface area contributed by atoms with E-state index in [-0.39, 0.29) is 49.5 Å². The lowest BCUT2D eigenvalue weighted by Crippen LogP contribution is -2.50. The highest BCUT2D eigenvalue weighted by Gasteiger charge is 2.34. The fourth-order valence-corrected chi connectivity index (χ4v) is 4.66. The van der Waals surface area contributed by atoms with Gasteiger partial charge >= 0.3 is 0 Å². The highest BCUT2D eigenvalue weighted by Crippen LogP contribution is 2.34. The molecule has 6 nitrogen and oxygen atoms in total. The Labute approximate surface area is 186 Å². The summed E-state index contributed by atoms with van der Waals surface area (Å²) in [6.45, 7) is 4.70. The molecule has 2 atom stereocenters. The second kappa shape index (κ2) is 10.7. The predicted molar refractivity (Wildman–Crippen MR) is 118 cm³/mol. The smallest absolute Gasteiger partial charge is 0.249 e. The summed E-state index contributed by atoms with van der Waals surface area (Å²) in [5.41, 5.74) is 1.07. The van der Waals surface area contributed by atoms with Crippen LogP contribution in [0.3, 0.4) is 0 Å². The van der Waals surface area contributed by atoms with Crippen LogP contribution in [0.4, 0.5) is 4.39 Å². The lowest BCUT2D eigenvalue weighted by atomic mass is 10.00. The second-order valence-electron chi connectivity index (χ2n) is 7.63. The summed E-state index contributed by atoms with van der Waals surface area (Å²) in [5, 5.41) is 2.02. The molecule has 3 rings (SSSR count). The first kappa shape index (κ1) is 23.2. The number of benzene rings is 1. The maximum absolute atomic E-state index is 13.3. The number of hydrogen-bond donors (Lipinski definition) is 0. The van der Waals surface area contributed by atoms with Gasteiger partial charge in [-0.1, -0.05) is 6.92 Å². The molecule has 2 aromatic rings. The molecule has 31 heavy (non-hydrogen) atoms. The molecule has 0 bridgehead atoms. The summed E-state index contributed by atoms with van der Waals surface area (Å²) in [4.78, 5) is 30.5. The number of carbonyl (C=O) groups is 2. The Kier molecular flexibility index (Phi) is 8.03. The van der Waals surface area contributed by atoms with Gasteiger partial charge in [-0.2, -0.15) is 0 Å². The van der Waals surface area contributed by atoms with Gasteiger partial charge in [-0.3, -0.25) is 9.59 Å². The van der Waals surface area contributed by atoms with E-state index in [4.69, 9.17) is 9.47 Å². The minimum Gasteiger partial charge on any atom is -0.491 e. The standard InChI is InChI=1S/C23H29FN2O4S/c1-4-16(2)26(23(28)15-29-3)13-22(27)25-11-9-21-19(10-12-31-21)20(25)14-30-18-7-5-17(24)6-8-18/h5-8,10,12,16,20H,4,9,11,13-15H2,1-3H3/t16-,20+/m0/s1. The Morgan fingerprint density at radius 3 is 2.71 bits per heavy atom. The Bertz CT molecular complexity index is 886. The molecule has 1 aliphatic heterocycles. The van der Waals surface area contributed by atoms with Crippen LogP contribution in [-0.2, 0) is 20.7 Å². The molecule has 0 aliphatic carbocycles. The summed E-state index contributed by atoms with van der Waals surface area (Å²) in [6.07, 6.45) is 1.52. The molecule has 0 radical (unpaired) electrons. The van der Waals surface area contributed by atoms with Gasteiger partial charge in [-0.15, -0.1) is 11.3 Å². The molecule has 168 valence electrons. The number of carbonyl (C=O) groups excluding carboxylic acids is 2. The molecule has 0 N–H and O–H groups in total. The van der Waals surface area contributed by atoms with Crippen molar-refractivity contribution in [3.8, 4) is 5.75 Å². The summed E-state index contributed by atoms with van der Waals surface area (Å²) < 4.78 is 24.1. The molecule has 0 saturated heterocycles. The van der Waals surface area contributed by atoms with Crippen molar-refractivity contribution in [3.63, 3.8) is 0 Å². The van der Waals surface area contributed by atoms with Crippen molar-refractivity contribution in [2.45, 2.75) is 38.8 Å². The molecule has 1 aromatic carbocycles.